The van der Waals surface area contributed by atoms with E-state index in [2.05, 4.69) is 10.2 Å². The van der Waals surface area contributed by atoms with Gasteiger partial charge in [-0.3, -0.25) is 9.59 Å². The van der Waals surface area contributed by atoms with Gasteiger partial charge in [-0.1, -0.05) is 18.2 Å². The summed E-state index contributed by atoms with van der Waals surface area (Å²) < 4.78 is 5.58. The zero-order chi connectivity index (χ0) is 16.7. The van der Waals surface area contributed by atoms with Crippen LogP contribution in [0.2, 0.25) is 0 Å². The zero-order valence-corrected chi connectivity index (χ0v) is 13.8. The van der Waals surface area contributed by atoms with Crippen molar-refractivity contribution in [3.8, 4) is 0 Å². The molecule has 1 atom stereocenters. The lowest BCUT2D eigenvalue weighted by molar-refractivity contribution is -0.130. The number of hydrogen-bond donors (Lipinski definition) is 1. The molecule has 1 aromatic rings. The molecular formula is C17H25N3O3. The molecule has 6 nitrogen and oxygen atoms in total. The summed E-state index contributed by atoms with van der Waals surface area (Å²) >= 11 is 0. The minimum Gasteiger partial charge on any atom is -0.379 e. The quantitative estimate of drug-likeness (QED) is 0.856. The molecule has 23 heavy (non-hydrogen) atoms. The molecule has 0 spiro atoms. The predicted molar refractivity (Wildman–Crippen MR) is 88.2 cm³/mol. The summed E-state index contributed by atoms with van der Waals surface area (Å²) in [5, 5.41) is 2.69. The number of nitrogens with zero attached hydrogens (tertiary/aromatic N) is 2. The molecule has 1 unspecified atom stereocenters. The van der Waals surface area contributed by atoms with Crippen LogP contribution in [-0.2, 0) is 9.53 Å². The molecular weight excluding hydrogens is 294 g/mol. The van der Waals surface area contributed by atoms with Gasteiger partial charge in [0.05, 0.1) is 19.8 Å². The van der Waals surface area contributed by atoms with Crippen molar-refractivity contribution in [2.24, 2.45) is 5.92 Å². The van der Waals surface area contributed by atoms with Gasteiger partial charge in [-0.25, -0.2) is 0 Å². The summed E-state index contributed by atoms with van der Waals surface area (Å²) in [6.07, 6.45) is 0. The average molecular weight is 319 g/mol. The van der Waals surface area contributed by atoms with E-state index in [4.69, 9.17) is 4.74 Å². The van der Waals surface area contributed by atoms with Crippen LogP contribution < -0.4 is 5.32 Å². The van der Waals surface area contributed by atoms with E-state index in [1.54, 1.807) is 29.2 Å². The molecule has 0 aliphatic carbocycles. The van der Waals surface area contributed by atoms with Crippen LogP contribution in [0.5, 0.6) is 0 Å². The Labute approximate surface area is 137 Å². The lowest BCUT2D eigenvalue weighted by atomic mass is 10.1. The number of carbonyl (C=O) groups excluding carboxylic acids is 2. The second-order valence-electron chi connectivity index (χ2n) is 6.09. The van der Waals surface area contributed by atoms with Crippen molar-refractivity contribution in [1.82, 2.24) is 15.1 Å². The fourth-order valence-electron chi connectivity index (χ4n) is 2.69. The fraction of sp³-hybridized carbons (Fsp3) is 0.529. The molecule has 0 bridgehead atoms. The third-order valence-corrected chi connectivity index (χ3v) is 3.75. The Bertz CT molecular complexity index is 519. The molecule has 0 radical (unpaired) electrons. The summed E-state index contributed by atoms with van der Waals surface area (Å²) in [7, 11) is 4.02. The predicted octanol–water partition coefficient (Wildman–Crippen LogP) is 0.453. The number of nitrogens with one attached hydrogen (secondary N) is 1. The minimum atomic E-state index is -0.227. The van der Waals surface area contributed by atoms with Crippen LogP contribution in [0.25, 0.3) is 0 Å². The molecule has 0 saturated carbocycles. The van der Waals surface area contributed by atoms with E-state index in [1.807, 2.05) is 20.2 Å². The number of benzene rings is 1. The summed E-state index contributed by atoms with van der Waals surface area (Å²) in [6, 6.07) is 8.91. The summed E-state index contributed by atoms with van der Waals surface area (Å²) in [4.78, 5) is 28.2. The number of hydrogen-bond acceptors (Lipinski definition) is 4. The largest absolute Gasteiger partial charge is 0.379 e. The third-order valence-electron chi connectivity index (χ3n) is 3.75. The Hall–Kier alpha value is -1.92. The van der Waals surface area contributed by atoms with Gasteiger partial charge in [0.1, 0.15) is 0 Å². The van der Waals surface area contributed by atoms with Crippen LogP contribution in [0.4, 0.5) is 0 Å². The summed E-state index contributed by atoms with van der Waals surface area (Å²) in [6.45, 7) is 3.34. The highest BCUT2D eigenvalue weighted by atomic mass is 16.5. The van der Waals surface area contributed by atoms with Gasteiger partial charge in [0.2, 0.25) is 5.91 Å². The van der Waals surface area contributed by atoms with E-state index < -0.39 is 0 Å². The normalized spacial score (nSPS) is 18.6. The highest BCUT2D eigenvalue weighted by Gasteiger charge is 2.23. The Balaban J connectivity index is 1.85. The van der Waals surface area contributed by atoms with E-state index in [0.717, 1.165) is 6.54 Å². The number of rotatable bonds is 5. The van der Waals surface area contributed by atoms with Crippen molar-refractivity contribution < 1.29 is 14.3 Å². The standard InChI is InChI=1S/C17H25N3O3/c1-19(2)11-14-12-20(8-9-23-13-14)16(21)10-18-17(22)15-6-4-3-5-7-15/h3-7,14H,8-13H2,1-2H3,(H,18,22). The number of carbonyl (C=O) groups is 2. The molecule has 6 heteroatoms. The highest BCUT2D eigenvalue weighted by Crippen LogP contribution is 2.08. The van der Waals surface area contributed by atoms with Gasteiger partial charge in [-0.05, 0) is 26.2 Å². The Kier molecular flexibility index (Phi) is 6.55. The van der Waals surface area contributed by atoms with Gasteiger partial charge < -0.3 is 19.9 Å². The number of amides is 2. The first-order valence-corrected chi connectivity index (χ1v) is 7.89. The van der Waals surface area contributed by atoms with Crippen LogP contribution in [0.15, 0.2) is 30.3 Å². The van der Waals surface area contributed by atoms with Crippen LogP contribution >= 0.6 is 0 Å². The average Bonchev–Trinajstić information content (AvgIpc) is 2.78. The van der Waals surface area contributed by atoms with Crippen molar-refractivity contribution in [3.63, 3.8) is 0 Å². The van der Waals surface area contributed by atoms with Gasteiger partial charge in [-0.2, -0.15) is 0 Å². The third kappa shape index (κ3) is 5.65. The van der Waals surface area contributed by atoms with Crippen molar-refractivity contribution in [3.05, 3.63) is 35.9 Å². The maximum atomic E-state index is 12.4. The van der Waals surface area contributed by atoms with Crippen molar-refractivity contribution in [2.45, 2.75) is 0 Å². The van der Waals surface area contributed by atoms with Crippen molar-refractivity contribution in [2.75, 3.05) is 53.5 Å². The van der Waals surface area contributed by atoms with Gasteiger partial charge in [0.15, 0.2) is 0 Å². The Morgan fingerprint density at radius 3 is 2.74 bits per heavy atom. The molecule has 126 valence electrons. The SMILES string of the molecule is CN(C)CC1COCCN(C(=O)CNC(=O)c2ccccc2)C1. The second kappa shape index (κ2) is 8.64. The van der Waals surface area contributed by atoms with E-state index in [9.17, 15) is 9.59 Å². The van der Waals surface area contributed by atoms with Gasteiger partial charge in [0.25, 0.3) is 5.91 Å². The van der Waals surface area contributed by atoms with Gasteiger partial charge >= 0.3 is 0 Å². The fourth-order valence-corrected chi connectivity index (χ4v) is 2.69. The van der Waals surface area contributed by atoms with Crippen molar-refractivity contribution >= 4 is 11.8 Å². The van der Waals surface area contributed by atoms with Crippen LogP contribution in [0.3, 0.4) is 0 Å². The Morgan fingerprint density at radius 1 is 1.30 bits per heavy atom. The van der Waals surface area contributed by atoms with E-state index >= 15 is 0 Å². The van der Waals surface area contributed by atoms with Gasteiger partial charge in [-0.15, -0.1) is 0 Å². The lowest BCUT2D eigenvalue weighted by Gasteiger charge is -2.25. The first kappa shape index (κ1) is 17.4. The van der Waals surface area contributed by atoms with E-state index in [-0.39, 0.29) is 18.4 Å². The Morgan fingerprint density at radius 2 is 2.04 bits per heavy atom. The maximum absolute atomic E-state index is 12.4. The molecule has 0 aromatic heterocycles. The monoisotopic (exact) mass is 319 g/mol. The summed E-state index contributed by atoms with van der Waals surface area (Å²) in [5.74, 6) is -0.000300. The van der Waals surface area contributed by atoms with Crippen molar-refractivity contribution in [1.29, 1.82) is 0 Å². The molecule has 1 aliphatic heterocycles. The lowest BCUT2D eigenvalue weighted by Crippen LogP contribution is -2.43. The minimum absolute atomic E-state index is 0.0163. The van der Waals surface area contributed by atoms with Crippen LogP contribution in [0.1, 0.15) is 10.4 Å². The topological polar surface area (TPSA) is 61.9 Å². The molecule has 2 amide bonds. The van der Waals surface area contributed by atoms with Gasteiger partial charge in [0, 0.05) is 31.1 Å². The first-order chi connectivity index (χ1) is 11.1. The molecule has 1 fully saturated rings. The second-order valence-corrected chi connectivity index (χ2v) is 6.09. The van der Waals surface area contributed by atoms with E-state index in [0.29, 0.717) is 37.8 Å². The molecule has 1 saturated heterocycles. The zero-order valence-electron chi connectivity index (χ0n) is 13.8. The molecule has 1 aliphatic rings. The van der Waals surface area contributed by atoms with Crippen LogP contribution in [0, 0.1) is 5.92 Å². The molecule has 1 N–H and O–H groups in total. The molecule has 1 heterocycles. The smallest absolute Gasteiger partial charge is 0.251 e. The molecule has 1 aromatic carbocycles. The first-order valence-electron chi connectivity index (χ1n) is 7.89. The molecule has 2 rings (SSSR count). The van der Waals surface area contributed by atoms with Crippen LogP contribution in [-0.4, -0.2) is 75.1 Å². The van der Waals surface area contributed by atoms with E-state index in [1.165, 1.54) is 0 Å². The maximum Gasteiger partial charge on any atom is 0.251 e. The number of ether oxygens (including phenoxy) is 1. The highest BCUT2D eigenvalue weighted by molar-refractivity contribution is 5.96. The summed E-state index contributed by atoms with van der Waals surface area (Å²) in [5.41, 5.74) is 0.560.